The van der Waals surface area contributed by atoms with Gasteiger partial charge in [-0.05, 0) is 54.6 Å². The highest BCUT2D eigenvalue weighted by molar-refractivity contribution is 6.15. The molecule has 0 fully saturated rings. The van der Waals surface area contributed by atoms with E-state index in [9.17, 15) is 14.4 Å². The Morgan fingerprint density at radius 1 is 0.943 bits per heavy atom. The smallest absolute Gasteiger partial charge is 0.258 e. The first-order valence-electron chi connectivity index (χ1n) is 11.0. The number of hydrogen-bond acceptors (Lipinski definition) is 4. The molecule has 2 heterocycles. The summed E-state index contributed by atoms with van der Waals surface area (Å²) in [6.45, 7) is -0.0556. The van der Waals surface area contributed by atoms with Crippen LogP contribution >= 0.6 is 0 Å². The summed E-state index contributed by atoms with van der Waals surface area (Å²) >= 11 is 0. The molecule has 0 aliphatic carbocycles. The largest absolute Gasteiger partial charge is 0.323 e. The number of fused-ring (bicyclic) bond motifs is 1. The summed E-state index contributed by atoms with van der Waals surface area (Å²) in [5.41, 5.74) is 3.93. The Morgan fingerprint density at radius 3 is 2.49 bits per heavy atom. The molecule has 8 nitrogen and oxygen atoms in total. The fourth-order valence-corrected chi connectivity index (χ4v) is 3.77. The lowest BCUT2D eigenvalue weighted by atomic mass is 10.1. The van der Waals surface area contributed by atoms with Crippen LogP contribution in [0.3, 0.4) is 0 Å². The van der Waals surface area contributed by atoms with Gasteiger partial charge in [0.05, 0.1) is 23.3 Å². The van der Waals surface area contributed by atoms with E-state index in [1.54, 1.807) is 59.4 Å². The number of carbonyl (C=O) groups excluding carboxylic acids is 3. The Labute approximate surface area is 201 Å². The van der Waals surface area contributed by atoms with Crippen LogP contribution in [0.15, 0.2) is 97.3 Å². The van der Waals surface area contributed by atoms with Crippen LogP contribution in [-0.4, -0.2) is 34.0 Å². The molecule has 0 atom stereocenters. The zero-order chi connectivity index (χ0) is 24.2. The van der Waals surface area contributed by atoms with Gasteiger partial charge >= 0.3 is 0 Å². The van der Waals surface area contributed by atoms with Crippen molar-refractivity contribution in [2.45, 2.75) is 0 Å². The maximum Gasteiger partial charge on any atom is 0.258 e. The van der Waals surface area contributed by atoms with E-state index in [2.05, 4.69) is 15.7 Å². The van der Waals surface area contributed by atoms with E-state index in [1.165, 1.54) is 11.0 Å². The van der Waals surface area contributed by atoms with Crippen LogP contribution in [-0.2, 0) is 9.59 Å². The Morgan fingerprint density at radius 2 is 1.69 bits per heavy atom. The van der Waals surface area contributed by atoms with Gasteiger partial charge in [-0.1, -0.05) is 30.3 Å². The van der Waals surface area contributed by atoms with Gasteiger partial charge in [0.15, 0.2) is 0 Å². The molecule has 0 spiro atoms. The third-order valence-electron chi connectivity index (χ3n) is 5.47. The van der Waals surface area contributed by atoms with Gasteiger partial charge in [-0.3, -0.25) is 19.3 Å². The molecule has 1 aliphatic heterocycles. The summed E-state index contributed by atoms with van der Waals surface area (Å²) in [6, 6.07) is 23.4. The molecule has 4 aromatic rings. The summed E-state index contributed by atoms with van der Waals surface area (Å²) in [5.74, 6) is -0.847. The van der Waals surface area contributed by atoms with Gasteiger partial charge in [-0.15, -0.1) is 0 Å². The molecule has 2 N–H and O–H groups in total. The van der Waals surface area contributed by atoms with Gasteiger partial charge in [-0.25, -0.2) is 4.68 Å². The van der Waals surface area contributed by atoms with E-state index in [1.807, 2.05) is 42.6 Å². The number of amides is 3. The number of rotatable bonds is 5. The molecule has 0 bridgehead atoms. The Balaban J connectivity index is 1.23. The van der Waals surface area contributed by atoms with Crippen molar-refractivity contribution in [1.82, 2.24) is 9.78 Å². The summed E-state index contributed by atoms with van der Waals surface area (Å²) in [4.78, 5) is 38.9. The van der Waals surface area contributed by atoms with Gasteiger partial charge in [0.2, 0.25) is 11.8 Å². The van der Waals surface area contributed by atoms with Crippen molar-refractivity contribution >= 4 is 40.9 Å². The van der Waals surface area contributed by atoms with Crippen LogP contribution in [0.1, 0.15) is 15.9 Å². The van der Waals surface area contributed by atoms with Crippen molar-refractivity contribution in [3.05, 3.63) is 108 Å². The van der Waals surface area contributed by atoms with Crippen molar-refractivity contribution in [2.75, 3.05) is 22.1 Å². The SMILES string of the molecule is O=C(/C=C/c1cnn(-c2ccccc2)c1)Nc1ccc(C(=O)N2CC(=O)Nc3ccccc32)cc1. The van der Waals surface area contributed by atoms with E-state index in [4.69, 9.17) is 0 Å². The highest BCUT2D eigenvalue weighted by Gasteiger charge is 2.27. The van der Waals surface area contributed by atoms with Gasteiger partial charge < -0.3 is 10.6 Å². The fourth-order valence-electron chi connectivity index (χ4n) is 3.77. The van der Waals surface area contributed by atoms with E-state index >= 15 is 0 Å². The summed E-state index contributed by atoms with van der Waals surface area (Å²) in [5, 5.41) is 9.85. The number of nitrogens with zero attached hydrogens (tertiary/aromatic N) is 3. The number of aromatic nitrogens is 2. The lowest BCUT2D eigenvalue weighted by Crippen LogP contribution is -2.42. The second-order valence-corrected chi connectivity index (χ2v) is 7.91. The monoisotopic (exact) mass is 463 g/mol. The second kappa shape index (κ2) is 9.48. The van der Waals surface area contributed by atoms with Crippen LogP contribution in [0.2, 0.25) is 0 Å². The molecule has 3 amide bonds. The van der Waals surface area contributed by atoms with Gasteiger partial charge in [0.25, 0.3) is 5.91 Å². The van der Waals surface area contributed by atoms with Crippen molar-refractivity contribution in [3.63, 3.8) is 0 Å². The van der Waals surface area contributed by atoms with Crippen molar-refractivity contribution in [2.24, 2.45) is 0 Å². The van der Waals surface area contributed by atoms with Crippen LogP contribution in [0, 0.1) is 0 Å². The van der Waals surface area contributed by atoms with Crippen LogP contribution in [0.4, 0.5) is 17.1 Å². The van der Waals surface area contributed by atoms with Crippen LogP contribution in [0.25, 0.3) is 11.8 Å². The normalized spacial score (nSPS) is 12.8. The number of anilines is 3. The Hall–Kier alpha value is -4.98. The lowest BCUT2D eigenvalue weighted by molar-refractivity contribution is -0.115. The molecule has 5 rings (SSSR count). The average molecular weight is 463 g/mol. The molecule has 0 saturated heterocycles. The predicted molar refractivity (Wildman–Crippen MR) is 134 cm³/mol. The molecule has 1 aliphatic rings. The van der Waals surface area contributed by atoms with E-state index < -0.39 is 0 Å². The zero-order valence-electron chi connectivity index (χ0n) is 18.6. The maximum atomic E-state index is 13.0. The third kappa shape index (κ3) is 4.86. The Kier molecular flexibility index (Phi) is 5.92. The zero-order valence-corrected chi connectivity index (χ0v) is 18.6. The summed E-state index contributed by atoms with van der Waals surface area (Å²) < 4.78 is 1.73. The second-order valence-electron chi connectivity index (χ2n) is 7.91. The van der Waals surface area contributed by atoms with E-state index in [-0.39, 0.29) is 24.3 Å². The standard InChI is InChI=1S/C27H21N5O3/c33-25(15-10-19-16-28-32(17-19)22-6-2-1-3-7-22)29-21-13-11-20(12-14-21)27(35)31-18-26(34)30-23-8-4-5-9-24(23)31/h1-17H,18H2,(H,29,33)(H,30,34)/b15-10+. The number of para-hydroxylation sites is 3. The molecule has 0 radical (unpaired) electrons. The van der Waals surface area contributed by atoms with Crippen LogP contribution < -0.4 is 15.5 Å². The molecule has 172 valence electrons. The third-order valence-corrected chi connectivity index (χ3v) is 5.47. The predicted octanol–water partition coefficient (Wildman–Crippen LogP) is 4.12. The first kappa shape index (κ1) is 21.8. The summed E-state index contributed by atoms with van der Waals surface area (Å²) in [7, 11) is 0. The molecule has 1 aromatic heterocycles. The number of benzene rings is 3. The highest BCUT2D eigenvalue weighted by Crippen LogP contribution is 2.30. The number of carbonyl (C=O) groups is 3. The molecule has 0 saturated carbocycles. The van der Waals surface area contributed by atoms with E-state index in [0.29, 0.717) is 22.6 Å². The van der Waals surface area contributed by atoms with Gasteiger partial charge in [0.1, 0.15) is 6.54 Å². The van der Waals surface area contributed by atoms with Gasteiger partial charge in [0, 0.05) is 29.1 Å². The quantitative estimate of drug-likeness (QED) is 0.435. The first-order valence-corrected chi connectivity index (χ1v) is 11.0. The molecule has 35 heavy (non-hydrogen) atoms. The number of nitrogens with one attached hydrogen (secondary N) is 2. The minimum Gasteiger partial charge on any atom is -0.323 e. The first-order chi connectivity index (χ1) is 17.1. The van der Waals surface area contributed by atoms with E-state index in [0.717, 1.165) is 11.3 Å². The Bertz CT molecular complexity index is 1420. The number of hydrogen-bond donors (Lipinski definition) is 2. The van der Waals surface area contributed by atoms with Crippen molar-refractivity contribution in [3.8, 4) is 5.69 Å². The molecular formula is C27H21N5O3. The topological polar surface area (TPSA) is 96.3 Å². The van der Waals surface area contributed by atoms with Crippen molar-refractivity contribution in [1.29, 1.82) is 0 Å². The average Bonchev–Trinajstić information content (AvgIpc) is 3.37. The van der Waals surface area contributed by atoms with Crippen molar-refractivity contribution < 1.29 is 14.4 Å². The fraction of sp³-hybridized carbons (Fsp3) is 0.0370. The minimum atomic E-state index is -0.307. The maximum absolute atomic E-state index is 13.0. The minimum absolute atomic E-state index is 0.0556. The van der Waals surface area contributed by atoms with Crippen LogP contribution in [0.5, 0.6) is 0 Å². The molecule has 8 heteroatoms. The summed E-state index contributed by atoms with van der Waals surface area (Å²) in [6.07, 6.45) is 6.61. The highest BCUT2D eigenvalue weighted by atomic mass is 16.2. The molecule has 0 unspecified atom stereocenters. The van der Waals surface area contributed by atoms with Gasteiger partial charge in [-0.2, -0.15) is 5.10 Å². The molecule has 3 aromatic carbocycles. The molecular weight excluding hydrogens is 442 g/mol. The lowest BCUT2D eigenvalue weighted by Gasteiger charge is -2.29.